The quantitative estimate of drug-likeness (QED) is 0.948. The van der Waals surface area contributed by atoms with Gasteiger partial charge in [0.15, 0.2) is 5.82 Å². The fraction of sp³-hybridized carbons (Fsp3) is 0.154. The molecule has 104 valence electrons. The lowest BCUT2D eigenvalue weighted by atomic mass is 10.3. The summed E-state index contributed by atoms with van der Waals surface area (Å²) in [6.07, 6.45) is 3.50. The molecule has 2 aromatic rings. The van der Waals surface area contributed by atoms with E-state index in [-0.39, 0.29) is 11.7 Å². The third-order valence-electron chi connectivity index (χ3n) is 2.52. The highest BCUT2D eigenvalue weighted by Crippen LogP contribution is 2.24. The molecular formula is C13H12Cl2N4O. The van der Waals surface area contributed by atoms with E-state index in [9.17, 15) is 4.79 Å². The highest BCUT2D eigenvalue weighted by atomic mass is 35.5. The highest BCUT2D eigenvalue weighted by molar-refractivity contribution is 6.42. The molecule has 0 fully saturated rings. The zero-order valence-electron chi connectivity index (χ0n) is 10.9. The molecule has 0 aliphatic heterocycles. The van der Waals surface area contributed by atoms with E-state index in [1.165, 1.54) is 11.7 Å². The summed E-state index contributed by atoms with van der Waals surface area (Å²) < 4.78 is 1.43. The van der Waals surface area contributed by atoms with E-state index in [1.54, 1.807) is 30.4 Å². The van der Waals surface area contributed by atoms with E-state index < -0.39 is 0 Å². The van der Waals surface area contributed by atoms with E-state index in [1.807, 2.05) is 6.92 Å². The second-order valence-corrected chi connectivity index (χ2v) is 4.70. The van der Waals surface area contributed by atoms with E-state index >= 15 is 0 Å². The van der Waals surface area contributed by atoms with Crippen molar-refractivity contribution in [3.05, 3.63) is 46.0 Å². The lowest BCUT2D eigenvalue weighted by Gasteiger charge is -2.05. The number of hydrogen-bond acceptors (Lipinski definition) is 3. The Morgan fingerprint density at radius 3 is 2.70 bits per heavy atom. The van der Waals surface area contributed by atoms with Crippen LogP contribution < -0.4 is 5.32 Å². The number of hydrogen-bond donors (Lipinski definition) is 1. The molecule has 0 unspecified atom stereocenters. The molecule has 7 heteroatoms. The van der Waals surface area contributed by atoms with Crippen LogP contribution in [0, 0.1) is 0 Å². The summed E-state index contributed by atoms with van der Waals surface area (Å²) in [7, 11) is 1.53. The third kappa shape index (κ3) is 2.84. The van der Waals surface area contributed by atoms with Crippen LogP contribution in [0.15, 0.2) is 24.3 Å². The van der Waals surface area contributed by atoms with Crippen LogP contribution >= 0.6 is 23.2 Å². The van der Waals surface area contributed by atoms with E-state index in [2.05, 4.69) is 15.4 Å². The maximum atomic E-state index is 11.9. The van der Waals surface area contributed by atoms with E-state index in [0.717, 1.165) is 0 Å². The zero-order valence-corrected chi connectivity index (χ0v) is 12.4. The first-order valence-electron chi connectivity index (χ1n) is 5.84. The summed E-state index contributed by atoms with van der Waals surface area (Å²) in [6, 6.07) is 4.99. The average molecular weight is 311 g/mol. The van der Waals surface area contributed by atoms with Gasteiger partial charge in [0.2, 0.25) is 5.82 Å². The van der Waals surface area contributed by atoms with Crippen LogP contribution in [0.2, 0.25) is 10.0 Å². The predicted octanol–water partition coefficient (Wildman–Crippen LogP) is 2.97. The molecule has 1 aromatic heterocycles. The van der Waals surface area contributed by atoms with Crippen molar-refractivity contribution in [1.29, 1.82) is 0 Å². The topological polar surface area (TPSA) is 59.8 Å². The molecule has 5 nitrogen and oxygen atoms in total. The summed E-state index contributed by atoms with van der Waals surface area (Å²) >= 11 is 11.9. The number of nitrogens with one attached hydrogen (secondary N) is 1. The molecule has 0 aliphatic rings. The Balaban J connectivity index is 2.58. The first-order chi connectivity index (χ1) is 9.56. The zero-order chi connectivity index (χ0) is 14.7. The minimum atomic E-state index is -0.334. The van der Waals surface area contributed by atoms with E-state index in [0.29, 0.717) is 21.6 Å². The van der Waals surface area contributed by atoms with Crippen molar-refractivity contribution in [2.75, 3.05) is 7.05 Å². The fourth-order valence-electron chi connectivity index (χ4n) is 1.60. The maximum absolute atomic E-state index is 11.9. The van der Waals surface area contributed by atoms with Crippen LogP contribution in [-0.4, -0.2) is 27.7 Å². The fourth-order valence-corrected chi connectivity index (χ4v) is 1.90. The van der Waals surface area contributed by atoms with Gasteiger partial charge < -0.3 is 5.32 Å². The Kier molecular flexibility index (Phi) is 4.42. The Morgan fingerprint density at radius 1 is 1.35 bits per heavy atom. The monoisotopic (exact) mass is 310 g/mol. The number of benzene rings is 1. The maximum Gasteiger partial charge on any atom is 0.288 e. The lowest BCUT2D eigenvalue weighted by molar-refractivity contribution is 0.0950. The van der Waals surface area contributed by atoms with Crippen LogP contribution in [0.5, 0.6) is 0 Å². The summed E-state index contributed by atoms with van der Waals surface area (Å²) in [4.78, 5) is 16.0. The summed E-state index contributed by atoms with van der Waals surface area (Å²) in [5, 5.41) is 7.61. The van der Waals surface area contributed by atoms with Gasteiger partial charge in [-0.15, -0.1) is 5.10 Å². The van der Waals surface area contributed by atoms with Crippen molar-refractivity contribution in [2.24, 2.45) is 0 Å². The first-order valence-corrected chi connectivity index (χ1v) is 6.59. The molecular weight excluding hydrogens is 299 g/mol. The van der Waals surface area contributed by atoms with Crippen LogP contribution in [0.4, 0.5) is 0 Å². The number of amides is 1. The van der Waals surface area contributed by atoms with Gasteiger partial charge in [-0.2, -0.15) is 0 Å². The van der Waals surface area contributed by atoms with Gasteiger partial charge in [-0.3, -0.25) is 4.79 Å². The van der Waals surface area contributed by atoms with Crippen molar-refractivity contribution in [3.63, 3.8) is 0 Å². The van der Waals surface area contributed by atoms with Gasteiger partial charge in [0, 0.05) is 7.05 Å². The SMILES string of the molecule is C/C=C/c1nc(C(=O)NC)n(-c2ccc(Cl)c(Cl)c2)n1. The third-order valence-corrected chi connectivity index (χ3v) is 3.26. The smallest absolute Gasteiger partial charge is 0.288 e. The van der Waals surface area contributed by atoms with Crippen molar-refractivity contribution in [1.82, 2.24) is 20.1 Å². The highest BCUT2D eigenvalue weighted by Gasteiger charge is 2.17. The van der Waals surface area contributed by atoms with Crippen LogP contribution in [0.25, 0.3) is 11.8 Å². The molecule has 0 saturated carbocycles. The number of rotatable bonds is 3. The molecule has 2 rings (SSSR count). The Morgan fingerprint density at radius 2 is 2.10 bits per heavy atom. The molecule has 20 heavy (non-hydrogen) atoms. The number of aromatic nitrogens is 3. The Labute approximate surface area is 126 Å². The van der Waals surface area contributed by atoms with Gasteiger partial charge >= 0.3 is 0 Å². The number of halogens is 2. The lowest BCUT2D eigenvalue weighted by Crippen LogP contribution is -2.22. The van der Waals surface area contributed by atoms with Crippen molar-refractivity contribution < 1.29 is 4.79 Å². The minimum absolute atomic E-state index is 0.180. The summed E-state index contributed by atoms with van der Waals surface area (Å²) in [5.41, 5.74) is 0.612. The molecule has 0 radical (unpaired) electrons. The molecule has 1 N–H and O–H groups in total. The molecule has 1 heterocycles. The molecule has 0 spiro atoms. The summed E-state index contributed by atoms with van der Waals surface area (Å²) in [6.45, 7) is 1.85. The number of carbonyl (C=O) groups excluding carboxylic acids is 1. The number of nitrogens with zero attached hydrogens (tertiary/aromatic N) is 3. The van der Waals surface area contributed by atoms with Gasteiger partial charge in [-0.1, -0.05) is 29.3 Å². The number of carbonyl (C=O) groups is 1. The molecule has 1 aromatic carbocycles. The first kappa shape index (κ1) is 14.6. The van der Waals surface area contributed by atoms with E-state index in [4.69, 9.17) is 23.2 Å². The Hall–Kier alpha value is -1.85. The van der Waals surface area contributed by atoms with Crippen molar-refractivity contribution in [2.45, 2.75) is 6.92 Å². The average Bonchev–Trinajstić information content (AvgIpc) is 2.85. The molecule has 0 saturated heterocycles. The van der Waals surface area contributed by atoms with Gasteiger partial charge in [0.05, 0.1) is 15.7 Å². The van der Waals surface area contributed by atoms with Gasteiger partial charge in [-0.25, -0.2) is 9.67 Å². The summed E-state index contributed by atoms with van der Waals surface area (Å²) in [5.74, 6) is 0.287. The largest absolute Gasteiger partial charge is 0.352 e. The van der Waals surface area contributed by atoms with Gasteiger partial charge in [0.25, 0.3) is 5.91 Å². The molecule has 1 amide bonds. The molecule has 0 bridgehead atoms. The van der Waals surface area contributed by atoms with Crippen LogP contribution in [0.3, 0.4) is 0 Å². The standard InChI is InChI=1S/C13H12Cl2N4O/c1-3-4-11-17-12(13(20)16-2)19(18-11)8-5-6-9(14)10(15)7-8/h3-7H,1-2H3,(H,16,20)/b4-3+. The Bertz CT molecular complexity index is 679. The minimum Gasteiger partial charge on any atom is -0.352 e. The predicted molar refractivity (Wildman–Crippen MR) is 79.5 cm³/mol. The second kappa shape index (κ2) is 6.07. The molecule has 0 aliphatic carbocycles. The van der Waals surface area contributed by atoms with Gasteiger partial charge in [0.1, 0.15) is 0 Å². The second-order valence-electron chi connectivity index (χ2n) is 3.88. The van der Waals surface area contributed by atoms with Gasteiger partial charge in [-0.05, 0) is 31.2 Å². The number of allylic oxidation sites excluding steroid dienone is 1. The van der Waals surface area contributed by atoms with Crippen LogP contribution in [-0.2, 0) is 0 Å². The van der Waals surface area contributed by atoms with Crippen molar-refractivity contribution in [3.8, 4) is 5.69 Å². The molecule has 0 atom stereocenters. The van der Waals surface area contributed by atoms with Crippen LogP contribution in [0.1, 0.15) is 23.4 Å². The van der Waals surface area contributed by atoms with Crippen molar-refractivity contribution >= 4 is 35.2 Å². The normalized spacial score (nSPS) is 11.0.